The number of fused-ring (bicyclic) bond motifs is 2. The first kappa shape index (κ1) is 20.7. The van der Waals surface area contributed by atoms with Crippen LogP contribution in [0, 0.1) is 0 Å². The predicted molar refractivity (Wildman–Crippen MR) is 110 cm³/mol. The number of benzene rings is 2. The van der Waals surface area contributed by atoms with Crippen LogP contribution in [-0.2, 0) is 12.7 Å². The normalized spacial score (nSPS) is 13.3. The number of hydrogen-bond donors (Lipinski definition) is 0. The molecule has 8 nitrogen and oxygen atoms in total. The van der Waals surface area contributed by atoms with Crippen molar-refractivity contribution >= 4 is 16.8 Å². The van der Waals surface area contributed by atoms with E-state index >= 15 is 0 Å². The molecule has 0 atom stereocenters. The van der Waals surface area contributed by atoms with E-state index < -0.39 is 17.3 Å². The molecule has 3 heterocycles. The molecule has 1 aliphatic heterocycles. The molecule has 0 unspecified atom stereocenters. The third-order valence-corrected chi connectivity index (χ3v) is 5.15. The lowest BCUT2D eigenvalue weighted by Crippen LogP contribution is -2.25. The van der Waals surface area contributed by atoms with Gasteiger partial charge in [0.15, 0.2) is 22.9 Å². The Labute approximate surface area is 183 Å². The van der Waals surface area contributed by atoms with Gasteiger partial charge < -0.3 is 9.47 Å². The molecular formula is C22H15F3N4O4. The van der Waals surface area contributed by atoms with Crippen LogP contribution in [-0.4, -0.2) is 38.3 Å². The van der Waals surface area contributed by atoms with Crippen molar-refractivity contribution in [1.82, 2.24) is 19.3 Å². The van der Waals surface area contributed by atoms with E-state index in [0.717, 1.165) is 21.4 Å². The zero-order valence-corrected chi connectivity index (χ0v) is 16.9. The van der Waals surface area contributed by atoms with E-state index in [1.807, 2.05) is 0 Å². The van der Waals surface area contributed by atoms with Crippen LogP contribution < -0.4 is 15.0 Å². The first-order valence-electron chi connectivity index (χ1n) is 9.85. The smallest absolute Gasteiger partial charge is 0.416 e. The summed E-state index contributed by atoms with van der Waals surface area (Å²) in [6.07, 6.45) is -2.13. The Bertz CT molecular complexity index is 1440. The number of ketones is 1. The highest BCUT2D eigenvalue weighted by Crippen LogP contribution is 2.31. The number of halogens is 3. The number of ether oxygens (including phenoxy) is 2. The van der Waals surface area contributed by atoms with Gasteiger partial charge in [0.25, 0.3) is 5.56 Å². The first-order valence-corrected chi connectivity index (χ1v) is 9.85. The summed E-state index contributed by atoms with van der Waals surface area (Å²) >= 11 is 0. The van der Waals surface area contributed by atoms with Crippen LogP contribution in [0.2, 0.25) is 0 Å². The molecule has 0 radical (unpaired) electrons. The summed E-state index contributed by atoms with van der Waals surface area (Å²) in [6, 6.07) is 9.31. The van der Waals surface area contributed by atoms with Gasteiger partial charge >= 0.3 is 6.18 Å². The zero-order chi connectivity index (χ0) is 23.2. The highest BCUT2D eigenvalue weighted by molar-refractivity contribution is 5.96. The number of Topliss-reactive ketones (excluding diaryl/α,β-unsaturated/α-hetero) is 1. The van der Waals surface area contributed by atoms with Gasteiger partial charge in [0.05, 0.1) is 24.0 Å². The third-order valence-electron chi connectivity index (χ3n) is 5.15. The van der Waals surface area contributed by atoms with Gasteiger partial charge in [-0.25, -0.2) is 9.67 Å². The molecule has 168 valence electrons. The topological polar surface area (TPSA) is 88.2 Å². The molecule has 4 aromatic rings. The van der Waals surface area contributed by atoms with E-state index in [0.29, 0.717) is 30.3 Å². The van der Waals surface area contributed by atoms with Crippen molar-refractivity contribution in [3.05, 3.63) is 76.5 Å². The Balaban J connectivity index is 1.45. The number of aromatic nitrogens is 4. The molecule has 0 spiro atoms. The largest absolute Gasteiger partial charge is 0.486 e. The molecule has 0 amide bonds. The van der Waals surface area contributed by atoms with Gasteiger partial charge in [-0.3, -0.25) is 14.2 Å². The molecule has 0 saturated carbocycles. The lowest BCUT2D eigenvalue weighted by atomic mass is 10.1. The fraction of sp³-hybridized carbons (Fsp3) is 0.182. The third kappa shape index (κ3) is 3.81. The highest BCUT2D eigenvalue weighted by Gasteiger charge is 2.30. The maximum absolute atomic E-state index is 13.0. The van der Waals surface area contributed by atoms with Crippen LogP contribution in [0.15, 0.2) is 59.8 Å². The first-order chi connectivity index (χ1) is 15.8. The minimum absolute atomic E-state index is 0.0740. The van der Waals surface area contributed by atoms with Crippen LogP contribution in [0.25, 0.3) is 16.7 Å². The maximum Gasteiger partial charge on any atom is 0.416 e. The van der Waals surface area contributed by atoms with E-state index in [2.05, 4.69) is 10.1 Å². The minimum Gasteiger partial charge on any atom is -0.486 e. The predicted octanol–water partition coefficient (Wildman–Crippen LogP) is 3.26. The summed E-state index contributed by atoms with van der Waals surface area (Å²) in [5, 5.41) is 4.11. The molecule has 0 bridgehead atoms. The Morgan fingerprint density at radius 1 is 1.06 bits per heavy atom. The van der Waals surface area contributed by atoms with E-state index in [9.17, 15) is 22.8 Å². The maximum atomic E-state index is 13.0. The van der Waals surface area contributed by atoms with Crippen molar-refractivity contribution in [3.63, 3.8) is 0 Å². The number of rotatable bonds is 4. The van der Waals surface area contributed by atoms with Crippen LogP contribution >= 0.6 is 0 Å². The lowest BCUT2D eigenvalue weighted by Gasteiger charge is -2.18. The van der Waals surface area contributed by atoms with Crippen molar-refractivity contribution in [2.45, 2.75) is 12.7 Å². The summed E-state index contributed by atoms with van der Waals surface area (Å²) in [5.74, 6) is 0.649. The summed E-state index contributed by atoms with van der Waals surface area (Å²) in [6.45, 7) is 0.520. The molecule has 0 aliphatic carbocycles. The van der Waals surface area contributed by atoms with Gasteiger partial charge in [-0.15, -0.1) is 0 Å². The average molecular weight is 456 g/mol. The van der Waals surface area contributed by atoms with Crippen molar-refractivity contribution < 1.29 is 27.4 Å². The van der Waals surface area contributed by atoms with E-state index in [4.69, 9.17) is 9.47 Å². The van der Waals surface area contributed by atoms with Crippen molar-refractivity contribution in [2.75, 3.05) is 13.2 Å². The SMILES string of the molecule is O=C(Cn1cnc2c(cnn2-c2cccc(C(F)(F)F)c2)c1=O)c1ccc2c(c1)OCCO2. The lowest BCUT2D eigenvalue weighted by molar-refractivity contribution is -0.137. The van der Waals surface area contributed by atoms with E-state index in [-0.39, 0.29) is 29.0 Å². The number of hydrogen-bond acceptors (Lipinski definition) is 6. The van der Waals surface area contributed by atoms with Crippen LogP contribution in [0.5, 0.6) is 11.5 Å². The molecule has 0 N–H and O–H groups in total. The highest BCUT2D eigenvalue weighted by atomic mass is 19.4. The van der Waals surface area contributed by atoms with Crippen molar-refractivity contribution in [2.24, 2.45) is 0 Å². The molecule has 0 saturated heterocycles. The van der Waals surface area contributed by atoms with Crippen LogP contribution in [0.3, 0.4) is 0 Å². The Morgan fingerprint density at radius 2 is 1.85 bits per heavy atom. The molecule has 2 aromatic heterocycles. The average Bonchev–Trinajstić information content (AvgIpc) is 3.25. The van der Waals surface area contributed by atoms with Crippen LogP contribution in [0.4, 0.5) is 13.2 Å². The second-order valence-corrected chi connectivity index (χ2v) is 7.30. The van der Waals surface area contributed by atoms with Gasteiger partial charge in [0.2, 0.25) is 0 Å². The number of carbonyl (C=O) groups excluding carboxylic acids is 1. The summed E-state index contributed by atoms with van der Waals surface area (Å²) in [4.78, 5) is 29.8. The fourth-order valence-corrected chi connectivity index (χ4v) is 3.53. The number of nitrogens with zero attached hydrogens (tertiary/aromatic N) is 4. The van der Waals surface area contributed by atoms with Gasteiger partial charge in [0, 0.05) is 5.56 Å². The van der Waals surface area contributed by atoms with Crippen molar-refractivity contribution in [3.8, 4) is 17.2 Å². The van der Waals surface area contributed by atoms with Gasteiger partial charge in [0.1, 0.15) is 24.9 Å². The molecule has 11 heteroatoms. The summed E-state index contributed by atoms with van der Waals surface area (Å²) < 4.78 is 52.3. The Hall–Kier alpha value is -4.15. The van der Waals surface area contributed by atoms with E-state index in [1.165, 1.54) is 24.7 Å². The van der Waals surface area contributed by atoms with Gasteiger partial charge in [-0.1, -0.05) is 6.07 Å². The molecule has 33 heavy (non-hydrogen) atoms. The minimum atomic E-state index is -4.52. The number of alkyl halides is 3. The van der Waals surface area contributed by atoms with Gasteiger partial charge in [-0.05, 0) is 36.4 Å². The second kappa shape index (κ2) is 7.76. The Kier molecular flexibility index (Phi) is 4.88. The molecule has 2 aromatic carbocycles. The Morgan fingerprint density at radius 3 is 2.64 bits per heavy atom. The molecule has 5 rings (SSSR count). The van der Waals surface area contributed by atoms with Crippen molar-refractivity contribution in [1.29, 1.82) is 0 Å². The zero-order valence-electron chi connectivity index (χ0n) is 16.9. The standard InChI is InChI=1S/C22H15F3N4O4/c23-22(24,25)14-2-1-3-15(9-14)29-20-16(10-27-29)21(31)28(12-26-20)11-17(30)13-4-5-18-19(8-13)33-7-6-32-18/h1-5,8-10,12H,6-7,11H2. The quantitative estimate of drug-likeness (QED) is 0.438. The fourth-order valence-electron chi connectivity index (χ4n) is 3.53. The van der Waals surface area contributed by atoms with Crippen LogP contribution in [0.1, 0.15) is 15.9 Å². The molecule has 0 fully saturated rings. The summed E-state index contributed by atoms with van der Waals surface area (Å²) in [5.41, 5.74) is -0.851. The van der Waals surface area contributed by atoms with Gasteiger partial charge in [-0.2, -0.15) is 18.3 Å². The summed E-state index contributed by atoms with van der Waals surface area (Å²) in [7, 11) is 0. The second-order valence-electron chi connectivity index (χ2n) is 7.30. The molecular weight excluding hydrogens is 441 g/mol. The van der Waals surface area contributed by atoms with E-state index in [1.54, 1.807) is 18.2 Å². The molecule has 1 aliphatic rings. The monoisotopic (exact) mass is 456 g/mol. The number of carbonyl (C=O) groups is 1.